The van der Waals surface area contributed by atoms with Gasteiger partial charge >= 0.3 is 11.7 Å². The normalized spacial score (nSPS) is 10.8. The smallest absolute Gasteiger partial charge is 0.354 e. The van der Waals surface area contributed by atoms with Gasteiger partial charge in [-0.1, -0.05) is 6.07 Å². The first-order chi connectivity index (χ1) is 13.0. The molecule has 0 fully saturated rings. The Morgan fingerprint density at radius 1 is 1.26 bits per heavy atom. The van der Waals surface area contributed by atoms with Gasteiger partial charge in [0.25, 0.3) is 0 Å². The van der Waals surface area contributed by atoms with Crippen LogP contribution in [0.3, 0.4) is 0 Å². The summed E-state index contributed by atoms with van der Waals surface area (Å²) in [5.41, 5.74) is -0.0694. The van der Waals surface area contributed by atoms with E-state index in [4.69, 9.17) is 14.2 Å². The van der Waals surface area contributed by atoms with E-state index in [9.17, 15) is 19.3 Å². The zero-order valence-corrected chi connectivity index (χ0v) is 15.2. The predicted molar refractivity (Wildman–Crippen MR) is 97.1 cm³/mol. The summed E-state index contributed by atoms with van der Waals surface area (Å²) < 4.78 is 30.1. The molecule has 7 nitrogen and oxygen atoms in total. The van der Waals surface area contributed by atoms with Crippen LogP contribution < -0.4 is 9.47 Å². The first-order valence-corrected chi connectivity index (χ1v) is 8.51. The molecule has 0 saturated carbocycles. The Bertz CT molecular complexity index is 1030. The maximum Gasteiger partial charge on any atom is 0.354 e. The van der Waals surface area contributed by atoms with Crippen LogP contribution in [0.15, 0.2) is 36.4 Å². The van der Waals surface area contributed by atoms with Crippen molar-refractivity contribution in [1.29, 1.82) is 0 Å². The van der Waals surface area contributed by atoms with E-state index in [1.54, 1.807) is 6.07 Å². The van der Waals surface area contributed by atoms with E-state index >= 15 is 0 Å². The molecule has 0 radical (unpaired) electrons. The van der Waals surface area contributed by atoms with Crippen molar-refractivity contribution in [2.24, 2.45) is 0 Å². The standard InChI is InChI=1S/C18H14FNO6S/c1-24-9-11-16-12(19)4-3-5-15(16)27-17(11)18(21)26-14-7-6-10(25-2)8-13(14)20(22)23/h3-8H,9H2,1-2H3. The van der Waals surface area contributed by atoms with Gasteiger partial charge in [-0.2, -0.15) is 0 Å². The van der Waals surface area contributed by atoms with Gasteiger partial charge in [0.2, 0.25) is 5.75 Å². The molecule has 0 N–H and O–H groups in total. The van der Waals surface area contributed by atoms with Gasteiger partial charge in [-0.05, 0) is 24.3 Å². The number of carbonyl (C=O) groups excluding carboxylic acids is 1. The molecule has 0 saturated heterocycles. The molecule has 3 rings (SSSR count). The van der Waals surface area contributed by atoms with Gasteiger partial charge in [0.15, 0.2) is 0 Å². The van der Waals surface area contributed by atoms with Crippen molar-refractivity contribution in [1.82, 2.24) is 0 Å². The summed E-state index contributed by atoms with van der Waals surface area (Å²) in [5, 5.41) is 11.5. The minimum atomic E-state index is -0.823. The maximum absolute atomic E-state index is 14.2. The molecule has 9 heteroatoms. The molecule has 1 aromatic heterocycles. The number of methoxy groups -OCH3 is 2. The molecule has 0 atom stereocenters. The van der Waals surface area contributed by atoms with E-state index in [0.717, 1.165) is 17.4 Å². The van der Waals surface area contributed by atoms with Crippen molar-refractivity contribution < 1.29 is 28.3 Å². The molecule has 1 heterocycles. The number of fused-ring (bicyclic) bond motifs is 1. The summed E-state index contributed by atoms with van der Waals surface area (Å²) in [5.74, 6) is -1.28. The van der Waals surface area contributed by atoms with Crippen molar-refractivity contribution in [3.05, 3.63) is 62.8 Å². The van der Waals surface area contributed by atoms with Gasteiger partial charge in [0, 0.05) is 22.8 Å². The minimum absolute atomic E-state index is 0.00390. The maximum atomic E-state index is 14.2. The van der Waals surface area contributed by atoms with E-state index in [1.165, 1.54) is 38.5 Å². The molecule has 27 heavy (non-hydrogen) atoms. The molecule has 0 aliphatic heterocycles. The lowest BCUT2D eigenvalue weighted by molar-refractivity contribution is -0.385. The Labute approximate surface area is 157 Å². The summed E-state index contributed by atoms with van der Waals surface area (Å²) >= 11 is 1.04. The van der Waals surface area contributed by atoms with Gasteiger partial charge in [-0.3, -0.25) is 10.1 Å². The van der Waals surface area contributed by atoms with Gasteiger partial charge < -0.3 is 14.2 Å². The number of esters is 1. The van der Waals surface area contributed by atoms with Crippen molar-refractivity contribution in [3.63, 3.8) is 0 Å². The van der Waals surface area contributed by atoms with Crippen LogP contribution in [0.25, 0.3) is 10.1 Å². The zero-order valence-electron chi connectivity index (χ0n) is 14.4. The monoisotopic (exact) mass is 391 g/mol. The van der Waals surface area contributed by atoms with Crippen LogP contribution in [0.4, 0.5) is 10.1 Å². The molecule has 3 aromatic rings. The number of nitro groups is 1. The lowest BCUT2D eigenvalue weighted by atomic mass is 10.1. The highest BCUT2D eigenvalue weighted by Crippen LogP contribution is 2.36. The van der Waals surface area contributed by atoms with E-state index in [-0.39, 0.29) is 28.4 Å². The number of ether oxygens (including phenoxy) is 3. The molecular weight excluding hydrogens is 377 g/mol. The largest absolute Gasteiger partial charge is 0.496 e. The molecule has 0 aliphatic carbocycles. The third-order valence-electron chi connectivity index (χ3n) is 3.80. The Kier molecular flexibility index (Phi) is 5.33. The van der Waals surface area contributed by atoms with E-state index in [0.29, 0.717) is 10.3 Å². The number of nitro benzene ring substituents is 1. The highest BCUT2D eigenvalue weighted by Gasteiger charge is 2.25. The summed E-state index contributed by atoms with van der Waals surface area (Å²) in [7, 11) is 2.79. The van der Waals surface area contributed by atoms with Crippen molar-refractivity contribution in [2.75, 3.05) is 14.2 Å². The van der Waals surface area contributed by atoms with Crippen molar-refractivity contribution >= 4 is 33.1 Å². The highest BCUT2D eigenvalue weighted by molar-refractivity contribution is 7.21. The second-order valence-corrected chi connectivity index (χ2v) is 6.49. The second-order valence-electron chi connectivity index (χ2n) is 5.44. The minimum Gasteiger partial charge on any atom is -0.496 e. The number of hydrogen-bond donors (Lipinski definition) is 0. The number of nitrogens with zero attached hydrogens (tertiary/aromatic N) is 1. The van der Waals surface area contributed by atoms with Gasteiger partial charge in [0.1, 0.15) is 16.4 Å². The van der Waals surface area contributed by atoms with Gasteiger partial charge in [-0.25, -0.2) is 9.18 Å². The Morgan fingerprint density at radius 2 is 2.04 bits per heavy atom. The van der Waals surface area contributed by atoms with Crippen LogP contribution in [0, 0.1) is 15.9 Å². The Balaban J connectivity index is 2.04. The summed E-state index contributed by atoms with van der Waals surface area (Å²) in [6.45, 7) is -0.00390. The fourth-order valence-corrected chi connectivity index (χ4v) is 3.71. The Hall–Kier alpha value is -3.04. The third-order valence-corrected chi connectivity index (χ3v) is 4.98. The lowest BCUT2D eigenvalue weighted by Gasteiger charge is -2.07. The molecule has 2 aromatic carbocycles. The SMILES string of the molecule is COCc1c(C(=O)Oc2ccc(OC)cc2[N+](=O)[O-])sc2cccc(F)c12. The van der Waals surface area contributed by atoms with Crippen LogP contribution in [0.2, 0.25) is 0 Å². The van der Waals surface area contributed by atoms with Crippen molar-refractivity contribution in [2.45, 2.75) is 6.61 Å². The first kappa shape index (κ1) is 18.7. The van der Waals surface area contributed by atoms with E-state index in [2.05, 4.69) is 0 Å². The first-order valence-electron chi connectivity index (χ1n) is 7.69. The summed E-state index contributed by atoms with van der Waals surface area (Å²) in [6, 6.07) is 8.37. The van der Waals surface area contributed by atoms with Crippen LogP contribution in [0.1, 0.15) is 15.2 Å². The number of halogens is 1. The molecule has 140 valence electrons. The molecule has 0 bridgehead atoms. The topological polar surface area (TPSA) is 87.9 Å². The Morgan fingerprint density at radius 3 is 2.70 bits per heavy atom. The number of hydrogen-bond acceptors (Lipinski definition) is 7. The number of carbonyl (C=O) groups is 1. The van der Waals surface area contributed by atoms with Crippen LogP contribution >= 0.6 is 11.3 Å². The lowest BCUT2D eigenvalue weighted by Crippen LogP contribution is -2.10. The number of benzene rings is 2. The molecule has 0 amide bonds. The zero-order chi connectivity index (χ0) is 19.6. The average Bonchev–Trinajstić information content (AvgIpc) is 3.02. The van der Waals surface area contributed by atoms with E-state index in [1.807, 2.05) is 0 Å². The predicted octanol–water partition coefficient (Wildman–Crippen LogP) is 4.32. The molecule has 0 unspecified atom stereocenters. The number of rotatable bonds is 6. The second kappa shape index (κ2) is 7.68. The van der Waals surface area contributed by atoms with Crippen LogP contribution in [-0.2, 0) is 11.3 Å². The van der Waals surface area contributed by atoms with Gasteiger partial charge in [0.05, 0.1) is 24.7 Å². The highest BCUT2D eigenvalue weighted by atomic mass is 32.1. The third kappa shape index (κ3) is 3.60. The molecular formula is C18H14FNO6S. The summed E-state index contributed by atoms with van der Waals surface area (Å²) in [4.78, 5) is 23.4. The molecule has 0 aliphatic rings. The quantitative estimate of drug-likeness (QED) is 0.269. The molecule has 0 spiro atoms. The van der Waals surface area contributed by atoms with Crippen molar-refractivity contribution in [3.8, 4) is 11.5 Å². The number of thiophene rings is 1. The fraction of sp³-hybridized carbons (Fsp3) is 0.167. The van der Waals surface area contributed by atoms with Crippen LogP contribution in [-0.4, -0.2) is 25.1 Å². The summed E-state index contributed by atoms with van der Waals surface area (Å²) in [6.07, 6.45) is 0. The van der Waals surface area contributed by atoms with Crippen LogP contribution in [0.5, 0.6) is 11.5 Å². The fourth-order valence-electron chi connectivity index (χ4n) is 2.61. The average molecular weight is 391 g/mol. The van der Waals surface area contributed by atoms with E-state index < -0.39 is 22.4 Å². The van der Waals surface area contributed by atoms with Gasteiger partial charge in [-0.15, -0.1) is 11.3 Å².